The van der Waals surface area contributed by atoms with Crippen molar-refractivity contribution in [2.45, 2.75) is 32.2 Å². The van der Waals surface area contributed by atoms with Crippen LogP contribution in [0.5, 0.6) is 0 Å². The molecule has 0 atom stereocenters. The van der Waals surface area contributed by atoms with Crippen molar-refractivity contribution < 1.29 is 12.8 Å². The van der Waals surface area contributed by atoms with E-state index in [2.05, 4.69) is 15.5 Å². The van der Waals surface area contributed by atoms with Gasteiger partial charge in [0.25, 0.3) is 0 Å². The zero-order valence-corrected chi connectivity index (χ0v) is 9.84. The number of nitrogens with zero attached hydrogens (tertiary/aromatic N) is 2. The zero-order valence-electron chi connectivity index (χ0n) is 9.02. The molecular formula is C8H15N3O3S. The quantitative estimate of drug-likeness (QED) is 0.777. The lowest BCUT2D eigenvalue weighted by Gasteiger charge is -2.03. The highest BCUT2D eigenvalue weighted by atomic mass is 32.2. The Balaban J connectivity index is 2.57. The molecule has 0 aromatic carbocycles. The van der Waals surface area contributed by atoms with Crippen molar-refractivity contribution >= 4 is 9.84 Å². The van der Waals surface area contributed by atoms with E-state index in [1.54, 1.807) is 0 Å². The van der Waals surface area contributed by atoms with E-state index in [0.717, 1.165) is 6.26 Å². The smallest absolute Gasteiger partial charge is 0.231 e. The summed E-state index contributed by atoms with van der Waals surface area (Å²) in [5, 5.41) is 10.5. The third kappa shape index (κ3) is 4.89. The van der Waals surface area contributed by atoms with Crippen LogP contribution >= 0.6 is 0 Å². The highest BCUT2D eigenvalue weighted by molar-refractivity contribution is 7.89. The van der Waals surface area contributed by atoms with Gasteiger partial charge in [-0.3, -0.25) is 0 Å². The van der Waals surface area contributed by atoms with Crippen LogP contribution in [0, 0.1) is 0 Å². The Morgan fingerprint density at radius 2 is 1.93 bits per heavy atom. The molecule has 0 radical (unpaired) electrons. The molecule has 6 nitrogen and oxygen atoms in total. The van der Waals surface area contributed by atoms with Gasteiger partial charge in [-0.25, -0.2) is 8.42 Å². The van der Waals surface area contributed by atoms with Crippen LogP contribution in [-0.2, 0) is 22.1 Å². The van der Waals surface area contributed by atoms with E-state index in [1.165, 1.54) is 0 Å². The lowest BCUT2D eigenvalue weighted by molar-refractivity contribution is 0.430. The van der Waals surface area contributed by atoms with Crippen molar-refractivity contribution in [3.63, 3.8) is 0 Å². The fourth-order valence-electron chi connectivity index (χ4n) is 0.934. The molecule has 1 heterocycles. The van der Waals surface area contributed by atoms with E-state index in [1.807, 2.05) is 13.8 Å². The second-order valence-corrected chi connectivity index (χ2v) is 5.84. The van der Waals surface area contributed by atoms with E-state index in [4.69, 9.17) is 4.42 Å². The highest BCUT2D eigenvalue weighted by Crippen LogP contribution is 2.03. The summed E-state index contributed by atoms with van der Waals surface area (Å²) in [4.78, 5) is 0. The van der Waals surface area contributed by atoms with Crippen LogP contribution in [0.4, 0.5) is 0 Å². The topological polar surface area (TPSA) is 85.1 Å². The second kappa shape index (κ2) is 4.71. The van der Waals surface area contributed by atoms with Gasteiger partial charge in [-0.05, 0) is 0 Å². The van der Waals surface area contributed by atoms with E-state index < -0.39 is 9.84 Å². The minimum absolute atomic E-state index is 0.137. The summed E-state index contributed by atoms with van der Waals surface area (Å²) in [7, 11) is -3.11. The molecule has 0 bridgehead atoms. The van der Waals surface area contributed by atoms with Gasteiger partial charge < -0.3 is 9.73 Å². The fourth-order valence-corrected chi connectivity index (χ4v) is 1.50. The van der Waals surface area contributed by atoms with Crippen LogP contribution < -0.4 is 5.32 Å². The SMILES string of the molecule is CC(C)NCc1nnc(CS(C)(=O)=O)o1. The molecule has 1 N–H and O–H groups in total. The van der Waals surface area contributed by atoms with E-state index in [9.17, 15) is 8.42 Å². The van der Waals surface area contributed by atoms with Crippen molar-refractivity contribution in [1.29, 1.82) is 0 Å². The molecule has 0 aliphatic carbocycles. The van der Waals surface area contributed by atoms with Gasteiger partial charge in [0.1, 0.15) is 5.75 Å². The normalized spacial score (nSPS) is 12.3. The summed E-state index contributed by atoms with van der Waals surface area (Å²) in [6.45, 7) is 4.44. The van der Waals surface area contributed by atoms with Gasteiger partial charge in [-0.15, -0.1) is 10.2 Å². The molecule has 15 heavy (non-hydrogen) atoms. The number of hydrogen-bond acceptors (Lipinski definition) is 6. The summed E-state index contributed by atoms with van der Waals surface area (Å²) in [6, 6.07) is 0.315. The third-order valence-corrected chi connectivity index (χ3v) is 2.33. The van der Waals surface area contributed by atoms with E-state index in [-0.39, 0.29) is 11.6 Å². The Labute approximate surface area is 89.0 Å². The Kier molecular flexibility index (Phi) is 3.81. The molecule has 0 saturated heterocycles. The fraction of sp³-hybridized carbons (Fsp3) is 0.750. The average Bonchev–Trinajstić information content (AvgIpc) is 2.45. The van der Waals surface area contributed by atoms with Crippen molar-refractivity contribution in [2.24, 2.45) is 0 Å². The molecule has 86 valence electrons. The summed E-state index contributed by atoms with van der Waals surface area (Å²) < 4.78 is 27.0. The average molecular weight is 233 g/mol. The first-order chi connectivity index (χ1) is 6.87. The molecule has 0 saturated carbocycles. The number of rotatable bonds is 5. The van der Waals surface area contributed by atoms with Gasteiger partial charge >= 0.3 is 0 Å². The van der Waals surface area contributed by atoms with Crippen molar-refractivity contribution in [3.05, 3.63) is 11.8 Å². The first kappa shape index (κ1) is 12.1. The van der Waals surface area contributed by atoms with Crippen molar-refractivity contribution in [1.82, 2.24) is 15.5 Å². The minimum atomic E-state index is -3.11. The summed E-state index contributed by atoms with van der Waals surface area (Å²) >= 11 is 0. The lowest BCUT2D eigenvalue weighted by Crippen LogP contribution is -2.21. The number of nitrogens with one attached hydrogen (secondary N) is 1. The predicted molar refractivity (Wildman–Crippen MR) is 54.8 cm³/mol. The molecule has 0 aliphatic heterocycles. The molecule has 1 rings (SSSR count). The highest BCUT2D eigenvalue weighted by Gasteiger charge is 2.11. The number of sulfone groups is 1. The van der Waals surface area contributed by atoms with Crippen LogP contribution in [0.1, 0.15) is 25.6 Å². The first-order valence-electron chi connectivity index (χ1n) is 4.59. The van der Waals surface area contributed by atoms with E-state index in [0.29, 0.717) is 18.5 Å². The van der Waals surface area contributed by atoms with Gasteiger partial charge in [-0.2, -0.15) is 0 Å². The zero-order chi connectivity index (χ0) is 11.5. The summed E-state index contributed by atoms with van der Waals surface area (Å²) in [5.74, 6) is 0.335. The van der Waals surface area contributed by atoms with Crippen molar-refractivity contribution in [3.8, 4) is 0 Å². The molecule has 0 aliphatic rings. The van der Waals surface area contributed by atoms with Crippen LogP contribution in [0.25, 0.3) is 0 Å². The Bertz CT molecular complexity index is 411. The first-order valence-corrected chi connectivity index (χ1v) is 6.65. The summed E-state index contributed by atoms with van der Waals surface area (Å²) in [6.07, 6.45) is 1.13. The molecular weight excluding hydrogens is 218 g/mol. The maximum Gasteiger partial charge on any atom is 0.231 e. The predicted octanol–water partition coefficient (Wildman–Crippen LogP) is 0.112. The van der Waals surface area contributed by atoms with Crippen LogP contribution in [0.2, 0.25) is 0 Å². The molecule has 1 aromatic rings. The molecule has 0 unspecified atom stereocenters. The van der Waals surface area contributed by atoms with Gasteiger partial charge in [0.15, 0.2) is 9.84 Å². The van der Waals surface area contributed by atoms with Gasteiger partial charge in [0.05, 0.1) is 6.54 Å². The standard InChI is InChI=1S/C8H15N3O3S/c1-6(2)9-4-7-10-11-8(14-7)5-15(3,12)13/h6,9H,4-5H2,1-3H3. The Morgan fingerprint density at radius 1 is 1.33 bits per heavy atom. The second-order valence-electron chi connectivity index (χ2n) is 3.70. The monoisotopic (exact) mass is 233 g/mol. The van der Waals surface area contributed by atoms with Crippen LogP contribution in [-0.4, -0.2) is 30.9 Å². The minimum Gasteiger partial charge on any atom is -0.423 e. The Hall–Kier alpha value is -0.950. The Morgan fingerprint density at radius 3 is 2.47 bits per heavy atom. The summed E-state index contributed by atoms with van der Waals surface area (Å²) in [5.41, 5.74) is 0. The maximum absolute atomic E-state index is 10.9. The van der Waals surface area contributed by atoms with Crippen molar-refractivity contribution in [2.75, 3.05) is 6.26 Å². The van der Waals surface area contributed by atoms with Crippen LogP contribution in [0.3, 0.4) is 0 Å². The molecule has 0 fully saturated rings. The van der Waals surface area contributed by atoms with Crippen LogP contribution in [0.15, 0.2) is 4.42 Å². The van der Waals surface area contributed by atoms with E-state index >= 15 is 0 Å². The van der Waals surface area contributed by atoms with Gasteiger partial charge in [0.2, 0.25) is 11.8 Å². The van der Waals surface area contributed by atoms with Gasteiger partial charge in [0, 0.05) is 12.3 Å². The number of aromatic nitrogens is 2. The molecule has 0 spiro atoms. The molecule has 7 heteroatoms. The largest absolute Gasteiger partial charge is 0.423 e. The lowest BCUT2D eigenvalue weighted by atomic mass is 10.4. The molecule has 1 aromatic heterocycles. The third-order valence-electron chi connectivity index (χ3n) is 1.56. The molecule has 0 amide bonds. The maximum atomic E-state index is 10.9. The number of hydrogen-bond donors (Lipinski definition) is 1. The van der Waals surface area contributed by atoms with Gasteiger partial charge in [-0.1, -0.05) is 13.8 Å².